The third-order valence-corrected chi connectivity index (χ3v) is 3.57. The lowest BCUT2D eigenvalue weighted by molar-refractivity contribution is -0.140. The standard InChI is InChI=1S/C13H25NO2/c1-13(2)8-4-5-11(6-9-13)14-10-7-12(15)16-3/h11,14H,4-10H2,1-3H3. The first-order valence-corrected chi connectivity index (χ1v) is 6.34. The van der Waals surface area contributed by atoms with Gasteiger partial charge < -0.3 is 10.1 Å². The predicted octanol–water partition coefficient (Wildman–Crippen LogP) is 2.50. The van der Waals surface area contributed by atoms with Crippen LogP contribution in [0.5, 0.6) is 0 Å². The molecule has 3 nitrogen and oxygen atoms in total. The maximum Gasteiger partial charge on any atom is 0.306 e. The molecule has 1 aliphatic rings. The normalized spacial score (nSPS) is 24.8. The third-order valence-electron chi connectivity index (χ3n) is 3.57. The summed E-state index contributed by atoms with van der Waals surface area (Å²) in [4.78, 5) is 11.0. The molecule has 16 heavy (non-hydrogen) atoms. The van der Waals surface area contributed by atoms with E-state index >= 15 is 0 Å². The molecule has 1 fully saturated rings. The molecule has 0 bridgehead atoms. The van der Waals surface area contributed by atoms with Crippen molar-refractivity contribution in [3.63, 3.8) is 0 Å². The Balaban J connectivity index is 2.20. The molecule has 0 amide bonds. The van der Waals surface area contributed by atoms with Gasteiger partial charge >= 0.3 is 5.97 Å². The van der Waals surface area contributed by atoms with Gasteiger partial charge in [0, 0.05) is 12.6 Å². The smallest absolute Gasteiger partial charge is 0.306 e. The first kappa shape index (κ1) is 13.5. The lowest BCUT2D eigenvalue weighted by Gasteiger charge is -2.22. The van der Waals surface area contributed by atoms with E-state index in [9.17, 15) is 4.79 Å². The lowest BCUT2D eigenvalue weighted by Crippen LogP contribution is -2.30. The van der Waals surface area contributed by atoms with E-state index in [2.05, 4.69) is 23.9 Å². The van der Waals surface area contributed by atoms with Crippen molar-refractivity contribution in [3.8, 4) is 0 Å². The Morgan fingerprint density at radius 3 is 2.81 bits per heavy atom. The summed E-state index contributed by atoms with van der Waals surface area (Å²) in [5.74, 6) is -0.124. The number of esters is 1. The molecular formula is C13H25NO2. The minimum Gasteiger partial charge on any atom is -0.469 e. The van der Waals surface area contributed by atoms with E-state index in [1.54, 1.807) is 0 Å². The number of carbonyl (C=O) groups is 1. The quantitative estimate of drug-likeness (QED) is 0.592. The van der Waals surface area contributed by atoms with Gasteiger partial charge in [-0.25, -0.2) is 0 Å². The van der Waals surface area contributed by atoms with Gasteiger partial charge in [-0.3, -0.25) is 4.79 Å². The van der Waals surface area contributed by atoms with Crippen LogP contribution in [0, 0.1) is 5.41 Å². The monoisotopic (exact) mass is 227 g/mol. The van der Waals surface area contributed by atoms with E-state index in [1.807, 2.05) is 0 Å². The number of rotatable bonds is 4. The SMILES string of the molecule is COC(=O)CCNC1CCCC(C)(C)CC1. The van der Waals surface area contributed by atoms with Crippen LogP contribution in [0.1, 0.15) is 52.4 Å². The van der Waals surface area contributed by atoms with E-state index in [-0.39, 0.29) is 5.97 Å². The molecule has 0 spiro atoms. The van der Waals surface area contributed by atoms with Crippen LogP contribution in [0.3, 0.4) is 0 Å². The van der Waals surface area contributed by atoms with Gasteiger partial charge in [-0.15, -0.1) is 0 Å². The average molecular weight is 227 g/mol. The van der Waals surface area contributed by atoms with Crippen LogP contribution in [0.15, 0.2) is 0 Å². The molecule has 0 aliphatic heterocycles. The van der Waals surface area contributed by atoms with E-state index in [4.69, 9.17) is 0 Å². The average Bonchev–Trinajstić information content (AvgIpc) is 2.40. The van der Waals surface area contributed by atoms with Crippen molar-refractivity contribution in [1.29, 1.82) is 0 Å². The summed E-state index contributed by atoms with van der Waals surface area (Å²) in [6.07, 6.45) is 6.85. The van der Waals surface area contributed by atoms with Crippen molar-refractivity contribution < 1.29 is 9.53 Å². The largest absolute Gasteiger partial charge is 0.469 e. The molecule has 0 saturated heterocycles. The molecule has 1 unspecified atom stereocenters. The van der Waals surface area contributed by atoms with Crippen molar-refractivity contribution >= 4 is 5.97 Å². The van der Waals surface area contributed by atoms with Crippen molar-refractivity contribution in [3.05, 3.63) is 0 Å². The summed E-state index contributed by atoms with van der Waals surface area (Å²) >= 11 is 0. The second-order valence-corrected chi connectivity index (χ2v) is 5.57. The van der Waals surface area contributed by atoms with Gasteiger partial charge in [0.2, 0.25) is 0 Å². The minimum atomic E-state index is -0.124. The molecule has 0 radical (unpaired) electrons. The van der Waals surface area contributed by atoms with Gasteiger partial charge in [0.05, 0.1) is 13.5 Å². The minimum absolute atomic E-state index is 0.124. The number of hydrogen-bond acceptors (Lipinski definition) is 3. The Bertz CT molecular complexity index is 226. The highest BCUT2D eigenvalue weighted by Gasteiger charge is 2.23. The molecular weight excluding hydrogens is 202 g/mol. The van der Waals surface area contributed by atoms with Crippen molar-refractivity contribution in [2.45, 2.75) is 58.4 Å². The van der Waals surface area contributed by atoms with Crippen LogP contribution in [0.4, 0.5) is 0 Å². The van der Waals surface area contributed by atoms with Crippen LogP contribution in [0.2, 0.25) is 0 Å². The predicted molar refractivity (Wildman–Crippen MR) is 65.3 cm³/mol. The summed E-state index contributed by atoms with van der Waals surface area (Å²) in [6, 6.07) is 0.589. The van der Waals surface area contributed by atoms with Crippen molar-refractivity contribution in [2.24, 2.45) is 5.41 Å². The van der Waals surface area contributed by atoms with Crippen molar-refractivity contribution in [1.82, 2.24) is 5.32 Å². The highest BCUT2D eigenvalue weighted by Crippen LogP contribution is 2.33. The number of nitrogens with one attached hydrogen (secondary N) is 1. The Morgan fingerprint density at radius 2 is 2.12 bits per heavy atom. The molecule has 0 aromatic rings. The maximum absolute atomic E-state index is 11.0. The number of methoxy groups -OCH3 is 1. The zero-order chi connectivity index (χ0) is 12.0. The summed E-state index contributed by atoms with van der Waals surface area (Å²) in [6.45, 7) is 5.45. The number of carbonyl (C=O) groups excluding carboxylic acids is 1. The zero-order valence-corrected chi connectivity index (χ0v) is 10.8. The Hall–Kier alpha value is -0.570. The highest BCUT2D eigenvalue weighted by atomic mass is 16.5. The van der Waals surface area contributed by atoms with Crippen LogP contribution >= 0.6 is 0 Å². The summed E-state index contributed by atoms with van der Waals surface area (Å²) in [5.41, 5.74) is 0.499. The fourth-order valence-electron chi connectivity index (χ4n) is 2.35. The van der Waals surface area contributed by atoms with Gasteiger partial charge in [0.15, 0.2) is 0 Å². The zero-order valence-electron chi connectivity index (χ0n) is 10.8. The topological polar surface area (TPSA) is 38.3 Å². The molecule has 0 heterocycles. The van der Waals surface area contributed by atoms with Gasteiger partial charge in [0.25, 0.3) is 0 Å². The van der Waals surface area contributed by atoms with Gasteiger partial charge in [-0.05, 0) is 31.1 Å². The highest BCUT2D eigenvalue weighted by molar-refractivity contribution is 5.69. The molecule has 1 rings (SSSR count). The first-order chi connectivity index (χ1) is 7.53. The molecule has 0 aromatic heterocycles. The third kappa shape index (κ3) is 4.97. The number of ether oxygens (including phenoxy) is 1. The second kappa shape index (κ2) is 6.24. The van der Waals surface area contributed by atoms with Crippen LogP contribution in [-0.4, -0.2) is 25.7 Å². The Labute approximate surface area is 98.9 Å². The number of hydrogen-bond donors (Lipinski definition) is 1. The van der Waals surface area contributed by atoms with E-state index in [0.29, 0.717) is 17.9 Å². The summed E-state index contributed by atoms with van der Waals surface area (Å²) < 4.78 is 4.62. The molecule has 3 heteroatoms. The molecule has 0 aromatic carbocycles. The summed E-state index contributed by atoms with van der Waals surface area (Å²) in [5, 5.41) is 3.46. The molecule has 1 atom stereocenters. The van der Waals surface area contributed by atoms with E-state index in [0.717, 1.165) is 6.54 Å². The molecule has 1 saturated carbocycles. The van der Waals surface area contributed by atoms with Gasteiger partial charge in [0.1, 0.15) is 0 Å². The molecule has 1 N–H and O–H groups in total. The fourth-order valence-corrected chi connectivity index (χ4v) is 2.35. The molecule has 94 valence electrons. The van der Waals surface area contributed by atoms with Crippen LogP contribution in [-0.2, 0) is 9.53 Å². The van der Waals surface area contributed by atoms with Crippen LogP contribution < -0.4 is 5.32 Å². The van der Waals surface area contributed by atoms with Gasteiger partial charge in [-0.2, -0.15) is 0 Å². The van der Waals surface area contributed by atoms with E-state index in [1.165, 1.54) is 39.2 Å². The first-order valence-electron chi connectivity index (χ1n) is 6.34. The maximum atomic E-state index is 11.0. The van der Waals surface area contributed by atoms with E-state index < -0.39 is 0 Å². The lowest BCUT2D eigenvalue weighted by atomic mass is 9.85. The second-order valence-electron chi connectivity index (χ2n) is 5.57. The fraction of sp³-hybridized carbons (Fsp3) is 0.923. The Kier molecular flexibility index (Phi) is 5.26. The van der Waals surface area contributed by atoms with Crippen molar-refractivity contribution in [2.75, 3.05) is 13.7 Å². The Morgan fingerprint density at radius 1 is 1.38 bits per heavy atom. The molecule has 1 aliphatic carbocycles. The summed E-state index contributed by atoms with van der Waals surface area (Å²) in [7, 11) is 1.44. The van der Waals surface area contributed by atoms with Crippen LogP contribution in [0.25, 0.3) is 0 Å². The van der Waals surface area contributed by atoms with Gasteiger partial charge in [-0.1, -0.05) is 20.3 Å².